The topological polar surface area (TPSA) is 42.1 Å². The minimum Gasteiger partial charge on any atom is -0.398 e. The summed E-state index contributed by atoms with van der Waals surface area (Å²) in [6, 6.07) is 14.6. The molecule has 0 fully saturated rings. The Morgan fingerprint density at radius 1 is 1.00 bits per heavy atom. The first-order valence-corrected chi connectivity index (χ1v) is 7.04. The second-order valence-corrected chi connectivity index (χ2v) is 5.44. The molecule has 0 saturated heterocycles. The SMILES string of the molecule is Cc1ccc(CN(C)c2ccc(N)c3ccncc23)cc1. The summed E-state index contributed by atoms with van der Waals surface area (Å²) < 4.78 is 0. The van der Waals surface area contributed by atoms with Crippen LogP contribution in [0.2, 0.25) is 0 Å². The molecular formula is C18H19N3. The predicted octanol–water partition coefficient (Wildman–Crippen LogP) is 3.76. The summed E-state index contributed by atoms with van der Waals surface area (Å²) in [6.45, 7) is 2.96. The van der Waals surface area contributed by atoms with Gasteiger partial charge in [-0.1, -0.05) is 29.8 Å². The van der Waals surface area contributed by atoms with Crippen LogP contribution in [0.1, 0.15) is 11.1 Å². The van der Waals surface area contributed by atoms with E-state index in [1.165, 1.54) is 11.1 Å². The normalized spacial score (nSPS) is 10.8. The van der Waals surface area contributed by atoms with Crippen molar-refractivity contribution in [1.82, 2.24) is 4.98 Å². The lowest BCUT2D eigenvalue weighted by atomic mass is 10.1. The number of pyridine rings is 1. The lowest BCUT2D eigenvalue weighted by molar-refractivity contribution is 0.927. The molecule has 3 nitrogen and oxygen atoms in total. The van der Waals surface area contributed by atoms with Gasteiger partial charge in [0.15, 0.2) is 0 Å². The number of anilines is 2. The molecule has 2 N–H and O–H groups in total. The zero-order valence-electron chi connectivity index (χ0n) is 12.4. The Labute approximate surface area is 125 Å². The third kappa shape index (κ3) is 2.68. The van der Waals surface area contributed by atoms with Crippen LogP contribution >= 0.6 is 0 Å². The first-order valence-electron chi connectivity index (χ1n) is 7.04. The van der Waals surface area contributed by atoms with Gasteiger partial charge in [-0.25, -0.2) is 0 Å². The van der Waals surface area contributed by atoms with Gasteiger partial charge in [-0.05, 0) is 30.7 Å². The summed E-state index contributed by atoms with van der Waals surface area (Å²) in [7, 11) is 2.10. The van der Waals surface area contributed by atoms with Gasteiger partial charge in [0.2, 0.25) is 0 Å². The summed E-state index contributed by atoms with van der Waals surface area (Å²) in [5.41, 5.74) is 10.6. The monoisotopic (exact) mass is 277 g/mol. The van der Waals surface area contributed by atoms with Gasteiger partial charge in [0.05, 0.1) is 0 Å². The van der Waals surface area contributed by atoms with E-state index in [0.29, 0.717) is 0 Å². The van der Waals surface area contributed by atoms with Crippen molar-refractivity contribution in [2.24, 2.45) is 0 Å². The van der Waals surface area contributed by atoms with Crippen LogP contribution in [0.5, 0.6) is 0 Å². The van der Waals surface area contributed by atoms with Gasteiger partial charge in [-0.15, -0.1) is 0 Å². The van der Waals surface area contributed by atoms with Gasteiger partial charge in [-0.2, -0.15) is 0 Å². The van der Waals surface area contributed by atoms with Crippen LogP contribution in [-0.4, -0.2) is 12.0 Å². The fourth-order valence-corrected chi connectivity index (χ4v) is 2.58. The highest BCUT2D eigenvalue weighted by Gasteiger charge is 2.08. The summed E-state index contributed by atoms with van der Waals surface area (Å²) >= 11 is 0. The largest absolute Gasteiger partial charge is 0.398 e. The highest BCUT2D eigenvalue weighted by molar-refractivity contribution is 6.00. The first kappa shape index (κ1) is 13.4. The molecule has 0 atom stereocenters. The molecule has 0 aliphatic rings. The van der Waals surface area contributed by atoms with Crippen LogP contribution in [0.3, 0.4) is 0 Å². The van der Waals surface area contributed by atoms with Gasteiger partial charge in [-0.3, -0.25) is 4.98 Å². The number of nitrogen functional groups attached to an aromatic ring is 1. The molecule has 2 aromatic carbocycles. The van der Waals surface area contributed by atoms with Crippen molar-refractivity contribution < 1.29 is 0 Å². The van der Waals surface area contributed by atoms with E-state index in [1.807, 2.05) is 18.3 Å². The van der Waals surface area contributed by atoms with E-state index in [9.17, 15) is 0 Å². The number of hydrogen-bond donors (Lipinski definition) is 1. The van der Waals surface area contributed by atoms with E-state index >= 15 is 0 Å². The maximum absolute atomic E-state index is 6.05. The molecule has 0 aliphatic carbocycles. The second-order valence-electron chi connectivity index (χ2n) is 5.44. The molecule has 106 valence electrons. The van der Waals surface area contributed by atoms with Crippen molar-refractivity contribution in [3.05, 3.63) is 66.0 Å². The van der Waals surface area contributed by atoms with Gasteiger partial charge in [0, 0.05) is 48.1 Å². The van der Waals surface area contributed by atoms with E-state index in [1.54, 1.807) is 6.20 Å². The van der Waals surface area contributed by atoms with Crippen LogP contribution in [0, 0.1) is 6.92 Å². The van der Waals surface area contributed by atoms with E-state index in [2.05, 4.69) is 54.2 Å². The smallest absolute Gasteiger partial charge is 0.0463 e. The zero-order chi connectivity index (χ0) is 14.8. The van der Waals surface area contributed by atoms with Gasteiger partial charge in [0.25, 0.3) is 0 Å². The molecule has 0 aliphatic heterocycles. The lowest BCUT2D eigenvalue weighted by Gasteiger charge is -2.22. The number of fused-ring (bicyclic) bond motifs is 1. The first-order chi connectivity index (χ1) is 10.1. The van der Waals surface area contributed by atoms with E-state index in [0.717, 1.165) is 28.7 Å². The van der Waals surface area contributed by atoms with Crippen LogP contribution in [-0.2, 0) is 6.54 Å². The molecule has 0 unspecified atom stereocenters. The van der Waals surface area contributed by atoms with Crippen molar-refractivity contribution in [1.29, 1.82) is 0 Å². The predicted molar refractivity (Wildman–Crippen MR) is 89.4 cm³/mol. The minimum atomic E-state index is 0.792. The number of rotatable bonds is 3. The van der Waals surface area contributed by atoms with Crippen molar-refractivity contribution in [3.63, 3.8) is 0 Å². The van der Waals surface area contributed by atoms with Gasteiger partial charge >= 0.3 is 0 Å². The molecular weight excluding hydrogens is 258 g/mol. The fourth-order valence-electron chi connectivity index (χ4n) is 2.58. The Balaban J connectivity index is 1.96. The maximum Gasteiger partial charge on any atom is 0.0463 e. The number of aryl methyl sites for hydroxylation is 1. The highest BCUT2D eigenvalue weighted by atomic mass is 15.1. The van der Waals surface area contributed by atoms with E-state index < -0.39 is 0 Å². The Bertz CT molecular complexity index is 763. The quantitative estimate of drug-likeness (QED) is 0.741. The van der Waals surface area contributed by atoms with E-state index in [4.69, 9.17) is 5.73 Å². The molecule has 0 saturated carbocycles. The Morgan fingerprint density at radius 2 is 1.76 bits per heavy atom. The number of hydrogen-bond acceptors (Lipinski definition) is 3. The summed E-state index contributed by atoms with van der Waals surface area (Å²) in [5.74, 6) is 0. The van der Waals surface area contributed by atoms with E-state index in [-0.39, 0.29) is 0 Å². The average Bonchev–Trinajstić information content (AvgIpc) is 2.50. The highest BCUT2D eigenvalue weighted by Crippen LogP contribution is 2.30. The lowest BCUT2D eigenvalue weighted by Crippen LogP contribution is -2.16. The number of nitrogens with zero attached hydrogens (tertiary/aromatic N) is 2. The molecule has 0 bridgehead atoms. The van der Waals surface area contributed by atoms with Crippen molar-refractivity contribution >= 4 is 22.1 Å². The van der Waals surface area contributed by atoms with Crippen molar-refractivity contribution in [2.75, 3.05) is 17.7 Å². The Kier molecular flexibility index (Phi) is 3.48. The molecule has 3 rings (SSSR count). The Hall–Kier alpha value is -2.55. The van der Waals surface area contributed by atoms with Gasteiger partial charge in [0.1, 0.15) is 0 Å². The second kappa shape index (κ2) is 5.44. The van der Waals surface area contributed by atoms with Crippen molar-refractivity contribution in [3.8, 4) is 0 Å². The summed E-state index contributed by atoms with van der Waals surface area (Å²) in [4.78, 5) is 6.46. The van der Waals surface area contributed by atoms with Crippen LogP contribution < -0.4 is 10.6 Å². The number of benzene rings is 2. The third-order valence-corrected chi connectivity index (χ3v) is 3.78. The van der Waals surface area contributed by atoms with Crippen molar-refractivity contribution in [2.45, 2.75) is 13.5 Å². The molecule has 21 heavy (non-hydrogen) atoms. The molecule has 0 spiro atoms. The van der Waals surface area contributed by atoms with Crippen LogP contribution in [0.15, 0.2) is 54.9 Å². The third-order valence-electron chi connectivity index (χ3n) is 3.78. The zero-order valence-corrected chi connectivity index (χ0v) is 12.4. The molecule has 3 heteroatoms. The number of aromatic nitrogens is 1. The molecule has 3 aromatic rings. The maximum atomic E-state index is 6.05. The molecule has 1 heterocycles. The molecule has 0 radical (unpaired) electrons. The standard InChI is InChI=1S/C18H19N3/c1-13-3-5-14(6-4-13)12-21(2)18-8-7-17(19)15-9-10-20-11-16(15)18/h3-11H,12,19H2,1-2H3. The summed E-state index contributed by atoms with van der Waals surface area (Å²) in [5, 5.41) is 2.14. The van der Waals surface area contributed by atoms with Crippen LogP contribution in [0.25, 0.3) is 10.8 Å². The Morgan fingerprint density at radius 3 is 2.52 bits per heavy atom. The fraction of sp³-hybridized carbons (Fsp3) is 0.167. The van der Waals surface area contributed by atoms with Gasteiger partial charge < -0.3 is 10.6 Å². The number of nitrogens with two attached hydrogens (primary N) is 1. The minimum absolute atomic E-state index is 0.792. The van der Waals surface area contributed by atoms with Crippen LogP contribution in [0.4, 0.5) is 11.4 Å². The molecule has 0 amide bonds. The molecule has 1 aromatic heterocycles. The average molecular weight is 277 g/mol. The summed E-state index contributed by atoms with van der Waals surface area (Å²) in [6.07, 6.45) is 3.66.